The van der Waals surface area contributed by atoms with Gasteiger partial charge in [-0.15, -0.1) is 0 Å². The van der Waals surface area contributed by atoms with Crippen LogP contribution < -0.4 is 5.32 Å². The summed E-state index contributed by atoms with van der Waals surface area (Å²) in [5.41, 5.74) is -0.653. The molecular formula is C18H21N3O5. The van der Waals surface area contributed by atoms with Crippen molar-refractivity contribution in [3.05, 3.63) is 35.0 Å². The molecule has 0 radical (unpaired) electrons. The van der Waals surface area contributed by atoms with E-state index in [0.717, 1.165) is 12.8 Å². The molecule has 2 atom stereocenters. The van der Waals surface area contributed by atoms with Crippen LogP contribution >= 0.6 is 0 Å². The van der Waals surface area contributed by atoms with Gasteiger partial charge in [-0.2, -0.15) is 0 Å². The van der Waals surface area contributed by atoms with Crippen molar-refractivity contribution >= 4 is 5.97 Å². The number of nitrogens with one attached hydrogen (secondary N) is 1. The molecule has 1 aliphatic rings. The maximum Gasteiger partial charge on any atom is 0.328 e. The van der Waals surface area contributed by atoms with Crippen LogP contribution in [0.3, 0.4) is 0 Å². The number of aryl methyl sites for hydroxylation is 1. The molecule has 1 saturated carbocycles. The number of hydrogen-bond acceptors (Lipinski definition) is 8. The lowest BCUT2D eigenvalue weighted by atomic mass is 9.92. The molecular weight excluding hydrogens is 338 g/mol. The fourth-order valence-corrected chi connectivity index (χ4v) is 2.43. The number of carbonyl (C=O) groups excluding carboxylic acids is 1. The zero-order valence-corrected chi connectivity index (χ0v) is 14.9. The Morgan fingerprint density at radius 2 is 2.23 bits per heavy atom. The molecule has 0 saturated heterocycles. The number of rotatable bonds is 6. The van der Waals surface area contributed by atoms with Gasteiger partial charge in [-0.1, -0.05) is 16.2 Å². The van der Waals surface area contributed by atoms with E-state index in [1.54, 1.807) is 19.1 Å². The van der Waals surface area contributed by atoms with Gasteiger partial charge in [-0.3, -0.25) is 5.32 Å². The minimum absolute atomic E-state index is 0.175. The number of esters is 1. The quantitative estimate of drug-likeness (QED) is 0.589. The SMILES string of the molecule is COC(=O)[C@@](C)(NCc1cc(C#CC2CC2)on1)[C@@H](O)c1cc(C)on1. The molecule has 2 aromatic heterocycles. The van der Waals surface area contributed by atoms with Crippen molar-refractivity contribution in [1.29, 1.82) is 0 Å². The van der Waals surface area contributed by atoms with Crippen molar-refractivity contribution in [2.45, 2.75) is 44.9 Å². The maximum atomic E-state index is 12.3. The van der Waals surface area contributed by atoms with Gasteiger partial charge < -0.3 is 18.9 Å². The predicted octanol–water partition coefficient (Wildman–Crippen LogP) is 1.49. The van der Waals surface area contributed by atoms with Crippen LogP contribution in [0, 0.1) is 24.7 Å². The lowest BCUT2D eigenvalue weighted by Crippen LogP contribution is -2.54. The molecule has 0 aromatic carbocycles. The Labute approximate surface area is 150 Å². The summed E-state index contributed by atoms with van der Waals surface area (Å²) in [6.45, 7) is 3.40. The highest BCUT2D eigenvalue weighted by Crippen LogP contribution is 2.28. The van der Waals surface area contributed by atoms with Gasteiger partial charge in [0, 0.05) is 24.6 Å². The molecule has 0 aliphatic heterocycles. The number of aliphatic hydroxyl groups is 1. The zero-order valence-electron chi connectivity index (χ0n) is 14.9. The van der Waals surface area contributed by atoms with Crippen LogP contribution in [0.25, 0.3) is 0 Å². The van der Waals surface area contributed by atoms with Crippen LogP contribution in [0.4, 0.5) is 0 Å². The number of methoxy groups -OCH3 is 1. The van der Waals surface area contributed by atoms with Crippen molar-refractivity contribution in [2.75, 3.05) is 7.11 Å². The molecule has 0 spiro atoms. The van der Waals surface area contributed by atoms with Gasteiger partial charge >= 0.3 is 5.97 Å². The Morgan fingerprint density at radius 3 is 2.85 bits per heavy atom. The van der Waals surface area contributed by atoms with Crippen LogP contribution in [-0.2, 0) is 16.1 Å². The summed E-state index contributed by atoms with van der Waals surface area (Å²) >= 11 is 0. The van der Waals surface area contributed by atoms with E-state index in [4.69, 9.17) is 13.8 Å². The summed E-state index contributed by atoms with van der Waals surface area (Å²) in [5, 5.41) is 21.3. The molecule has 0 amide bonds. The molecule has 138 valence electrons. The van der Waals surface area contributed by atoms with Crippen LogP contribution in [-0.4, -0.2) is 34.0 Å². The second kappa shape index (κ2) is 7.32. The smallest absolute Gasteiger partial charge is 0.328 e. The monoisotopic (exact) mass is 359 g/mol. The first kappa shape index (κ1) is 18.2. The normalized spacial score (nSPS) is 17.1. The van der Waals surface area contributed by atoms with Gasteiger partial charge in [0.15, 0.2) is 0 Å². The van der Waals surface area contributed by atoms with Crippen molar-refractivity contribution in [3.8, 4) is 11.8 Å². The summed E-state index contributed by atoms with van der Waals surface area (Å²) in [5.74, 6) is 6.86. The van der Waals surface area contributed by atoms with E-state index in [9.17, 15) is 9.90 Å². The van der Waals surface area contributed by atoms with E-state index in [1.807, 2.05) is 0 Å². The summed E-state index contributed by atoms with van der Waals surface area (Å²) in [6, 6.07) is 3.27. The van der Waals surface area contributed by atoms with Crippen LogP contribution in [0.2, 0.25) is 0 Å². The highest BCUT2D eigenvalue weighted by molar-refractivity contribution is 5.81. The zero-order chi connectivity index (χ0) is 18.7. The van der Waals surface area contributed by atoms with Crippen molar-refractivity contribution in [2.24, 2.45) is 5.92 Å². The van der Waals surface area contributed by atoms with E-state index in [1.165, 1.54) is 14.0 Å². The molecule has 8 nitrogen and oxygen atoms in total. The Hall–Kier alpha value is -2.63. The number of nitrogens with zero attached hydrogens (tertiary/aromatic N) is 2. The largest absolute Gasteiger partial charge is 0.468 e. The van der Waals surface area contributed by atoms with E-state index in [0.29, 0.717) is 23.1 Å². The second-order valence-corrected chi connectivity index (χ2v) is 6.54. The molecule has 26 heavy (non-hydrogen) atoms. The molecule has 2 heterocycles. The van der Waals surface area contributed by atoms with Gasteiger partial charge in [-0.05, 0) is 32.6 Å². The molecule has 3 rings (SSSR count). The van der Waals surface area contributed by atoms with Crippen molar-refractivity contribution in [3.63, 3.8) is 0 Å². The first-order valence-electron chi connectivity index (χ1n) is 8.34. The maximum absolute atomic E-state index is 12.3. The highest BCUT2D eigenvalue weighted by Gasteiger charge is 2.44. The van der Waals surface area contributed by atoms with E-state index in [-0.39, 0.29) is 12.2 Å². The van der Waals surface area contributed by atoms with Crippen LogP contribution in [0.5, 0.6) is 0 Å². The molecule has 8 heteroatoms. The lowest BCUT2D eigenvalue weighted by molar-refractivity contribution is -0.153. The number of aliphatic hydroxyl groups excluding tert-OH is 1. The third-order valence-corrected chi connectivity index (χ3v) is 4.26. The third kappa shape index (κ3) is 3.95. The van der Waals surface area contributed by atoms with Gasteiger partial charge in [0.25, 0.3) is 0 Å². The van der Waals surface area contributed by atoms with E-state index >= 15 is 0 Å². The van der Waals surface area contributed by atoms with Crippen LogP contribution in [0.1, 0.15) is 48.8 Å². The molecule has 1 aliphatic carbocycles. The number of aromatic nitrogens is 2. The minimum Gasteiger partial charge on any atom is -0.468 e. The number of hydrogen-bond donors (Lipinski definition) is 2. The number of carbonyl (C=O) groups is 1. The average molecular weight is 359 g/mol. The lowest BCUT2D eigenvalue weighted by Gasteiger charge is -2.31. The minimum atomic E-state index is -1.45. The van der Waals surface area contributed by atoms with Crippen molar-refractivity contribution in [1.82, 2.24) is 15.6 Å². The molecule has 2 aromatic rings. The standard InChI is InChI=1S/C18H21N3O5/c1-11-8-15(21-25-11)16(22)18(2,17(23)24-3)19-10-13-9-14(26-20-13)7-6-12-4-5-12/h8-9,12,16,19,22H,4-5,10H2,1-3H3/t16-,18-/m0/s1. The second-order valence-electron chi connectivity index (χ2n) is 6.54. The molecule has 0 unspecified atom stereocenters. The van der Waals surface area contributed by atoms with Gasteiger partial charge in [-0.25, -0.2) is 4.79 Å². The Bertz CT molecular complexity index is 842. The van der Waals surface area contributed by atoms with Crippen LogP contribution in [0.15, 0.2) is 21.2 Å². The Morgan fingerprint density at radius 1 is 1.46 bits per heavy atom. The molecule has 1 fully saturated rings. The summed E-state index contributed by atoms with van der Waals surface area (Å²) < 4.78 is 15.0. The van der Waals surface area contributed by atoms with E-state index in [2.05, 4.69) is 27.5 Å². The van der Waals surface area contributed by atoms with Gasteiger partial charge in [0.2, 0.25) is 5.76 Å². The van der Waals surface area contributed by atoms with E-state index < -0.39 is 17.6 Å². The first-order valence-corrected chi connectivity index (χ1v) is 8.34. The molecule has 0 bridgehead atoms. The average Bonchev–Trinajstić information content (AvgIpc) is 3.19. The predicted molar refractivity (Wildman–Crippen MR) is 89.6 cm³/mol. The Balaban J connectivity index is 1.72. The summed E-state index contributed by atoms with van der Waals surface area (Å²) in [4.78, 5) is 12.3. The van der Waals surface area contributed by atoms with Gasteiger partial charge in [0.1, 0.15) is 23.1 Å². The highest BCUT2D eigenvalue weighted by atomic mass is 16.5. The topological polar surface area (TPSA) is 111 Å². The van der Waals surface area contributed by atoms with Gasteiger partial charge in [0.05, 0.1) is 12.8 Å². The summed E-state index contributed by atoms with van der Waals surface area (Å²) in [6.07, 6.45) is 0.993. The molecule has 2 N–H and O–H groups in total. The summed E-state index contributed by atoms with van der Waals surface area (Å²) in [7, 11) is 1.25. The fraction of sp³-hybridized carbons (Fsp3) is 0.500. The first-order chi connectivity index (χ1) is 12.4. The fourth-order valence-electron chi connectivity index (χ4n) is 2.43. The Kier molecular flexibility index (Phi) is 5.11. The number of ether oxygens (including phenoxy) is 1. The third-order valence-electron chi connectivity index (χ3n) is 4.26. The van der Waals surface area contributed by atoms with Crippen molar-refractivity contribution < 1.29 is 23.7 Å².